The van der Waals surface area contributed by atoms with Crippen molar-refractivity contribution < 1.29 is 65.2 Å². The Bertz CT molecular complexity index is 2160. The average Bonchev–Trinajstić information content (AvgIpc) is 4.06. The molecule has 7 aliphatic carbocycles. The number of hydrogen-bond donors (Lipinski definition) is 0. The average molecular weight is 1200 g/mol. The van der Waals surface area contributed by atoms with Crippen molar-refractivity contribution in [3.63, 3.8) is 0 Å². The first-order valence-electron chi connectivity index (χ1n) is 28.6. The van der Waals surface area contributed by atoms with Crippen LogP contribution in [0.3, 0.4) is 0 Å². The number of allylic oxidation sites excluding steroid dienone is 24. The minimum absolute atomic E-state index is 0. The van der Waals surface area contributed by atoms with E-state index in [0.717, 1.165) is 0 Å². The molecule has 6 radical (unpaired) electrons. The van der Waals surface area contributed by atoms with Gasteiger partial charge in [-0.25, -0.2) is 37.2 Å². The van der Waals surface area contributed by atoms with Crippen molar-refractivity contribution in [3.8, 4) is 0 Å². The number of hydrogen-bond acceptors (Lipinski definition) is 0. The van der Waals surface area contributed by atoms with Gasteiger partial charge in [0.2, 0.25) is 0 Å². The Morgan fingerprint density at radius 3 is 0.272 bits per heavy atom. The Morgan fingerprint density at radius 1 is 0.148 bits per heavy atom. The third kappa shape index (κ3) is 16.5. The fraction of sp³-hybridized carbons (Fsp3) is 0.500. The first-order valence-corrected chi connectivity index (χ1v) is 28.6. The molecule has 0 N–H and O–H groups in total. The van der Waals surface area contributed by atoms with E-state index in [1.54, 1.807) is 37.2 Å². The van der Waals surface area contributed by atoms with Crippen molar-refractivity contribution in [1.29, 1.82) is 0 Å². The van der Waals surface area contributed by atoms with E-state index < -0.39 is 0 Å². The van der Waals surface area contributed by atoms with Crippen LogP contribution in [-0.4, -0.2) is 36.3 Å². The van der Waals surface area contributed by atoms with E-state index in [4.69, 9.17) is 0 Å². The fourth-order valence-corrected chi connectivity index (χ4v) is 11.5. The van der Waals surface area contributed by atoms with Crippen LogP contribution < -0.4 is 0 Å². The van der Waals surface area contributed by atoms with Gasteiger partial charge in [0, 0.05) is 35.5 Å². The summed E-state index contributed by atoms with van der Waals surface area (Å²) in [6.45, 7) is 66.0. The Morgan fingerprint density at radius 2 is 0.222 bits per heavy atom. The summed E-state index contributed by atoms with van der Waals surface area (Å²) >= 11 is 0. The molecule has 0 aromatic heterocycles. The van der Waals surface area contributed by atoms with Gasteiger partial charge in [0.05, 0.1) is 0 Å². The number of fused-ring (bicyclic) bond motifs is 6. The van der Waals surface area contributed by atoms with Crippen molar-refractivity contribution in [2.45, 2.75) is 244 Å². The van der Waals surface area contributed by atoms with Gasteiger partial charge < -0.3 is 31.9 Å². The zero-order chi connectivity index (χ0) is 59.3. The van der Waals surface area contributed by atoms with Crippen molar-refractivity contribution in [2.75, 3.05) is 0 Å². The summed E-state index contributed by atoms with van der Waals surface area (Å²) in [5.41, 5.74) is 35.2. The second-order valence-corrected chi connectivity index (χ2v) is 23.5. The summed E-state index contributed by atoms with van der Waals surface area (Å²) in [5.74, 6) is 8.81. The zero-order valence-corrected chi connectivity index (χ0v) is 60.8. The molecule has 10 aliphatic rings. The smallest absolute Gasteiger partial charge is 0.691 e. The maximum Gasteiger partial charge on any atom is 2.00 e. The van der Waals surface area contributed by atoms with Crippen molar-refractivity contribution in [3.05, 3.63) is 238 Å². The largest absolute Gasteiger partial charge is 2.00 e. The summed E-state index contributed by atoms with van der Waals surface area (Å²) in [7, 11) is 0. The molecule has 0 spiro atoms. The second-order valence-electron chi connectivity index (χ2n) is 23.5. The number of nitrogens with zero attached hydrogens (tertiary/aromatic N) is 6. The van der Waals surface area contributed by atoms with Crippen molar-refractivity contribution in [1.82, 2.24) is 0 Å². The van der Waals surface area contributed by atoms with Gasteiger partial charge in [-0.05, 0) is 233 Å². The maximum absolute atomic E-state index is 4.54. The molecule has 3 heterocycles. The van der Waals surface area contributed by atoms with E-state index in [2.05, 4.69) is 240 Å². The van der Waals surface area contributed by atoms with E-state index in [0.29, 0.717) is 0 Å². The third-order valence-corrected chi connectivity index (χ3v) is 20.7. The minimum Gasteiger partial charge on any atom is -0.691 e. The molecule has 432 valence electrons. The van der Waals surface area contributed by atoms with Gasteiger partial charge in [-0.3, -0.25) is 0 Å². The Balaban J connectivity index is 0.000000477. The van der Waals surface area contributed by atoms with Crippen LogP contribution in [0.4, 0.5) is 0 Å². The van der Waals surface area contributed by atoms with Gasteiger partial charge in [-0.1, -0.05) is 108 Å². The van der Waals surface area contributed by atoms with Crippen molar-refractivity contribution in [2.24, 2.45) is 0 Å². The second kappa shape index (κ2) is 32.5. The quantitative estimate of drug-likeness (QED) is 0.217. The van der Waals surface area contributed by atoms with Crippen LogP contribution >= 0.6 is 0 Å². The molecule has 6 nitrogen and oxygen atoms in total. The molecule has 0 saturated heterocycles. The number of rotatable bonds is 0. The van der Waals surface area contributed by atoms with E-state index in [1.165, 1.54) is 169 Å². The van der Waals surface area contributed by atoms with Gasteiger partial charge in [0.1, 0.15) is 0 Å². The van der Waals surface area contributed by atoms with Gasteiger partial charge in [0.15, 0.2) is 0 Å². The van der Waals surface area contributed by atoms with Gasteiger partial charge in [-0.2, -0.15) is 0 Å². The summed E-state index contributed by atoms with van der Waals surface area (Å²) < 4.78 is 0. The topological polar surface area (TPSA) is 84.6 Å². The Hall–Kier alpha value is -2.96. The minimum atomic E-state index is 0. The fourth-order valence-electron chi connectivity index (χ4n) is 11.5. The van der Waals surface area contributed by atoms with Crippen LogP contribution in [-0.2, 0) is 65.2 Å². The monoisotopic (exact) mass is 1190 g/mol. The van der Waals surface area contributed by atoms with E-state index in [1.807, 2.05) is 0 Å². The molecule has 1 fully saturated rings. The first-order chi connectivity index (χ1) is 36.3. The van der Waals surface area contributed by atoms with Crippen LogP contribution in [0, 0.1) is 35.5 Å². The first kappa shape index (κ1) is 76.1. The summed E-state index contributed by atoms with van der Waals surface area (Å²) in [6, 6.07) is 0.252. The molecule has 3 aliphatic heterocycles. The Kier molecular flexibility index (Phi) is 30.5. The molecule has 10 rings (SSSR count). The molecule has 81 heavy (non-hydrogen) atoms. The normalized spacial score (nSPS) is 26.1. The predicted molar refractivity (Wildman–Crippen MR) is 344 cm³/mol. The molecule has 0 atom stereocenters. The summed E-state index contributed by atoms with van der Waals surface area (Å²) in [5, 5.41) is 27.2. The van der Waals surface area contributed by atoms with Crippen LogP contribution in [0.15, 0.2) is 171 Å². The summed E-state index contributed by atoms with van der Waals surface area (Å²) in [6.07, 6.45) is 10.5. The molecular formula is C72H102N6Ti3. The molecule has 9 heteroatoms. The van der Waals surface area contributed by atoms with E-state index >= 15 is 0 Å². The third-order valence-electron chi connectivity index (χ3n) is 20.7. The molecule has 0 bridgehead atoms. The molecular weight excluding hydrogens is 1090 g/mol. The molecule has 0 unspecified atom stereocenters. The molecule has 0 amide bonds. The predicted octanol–water partition coefficient (Wildman–Crippen LogP) is 22.5. The molecule has 0 aromatic rings. The van der Waals surface area contributed by atoms with Gasteiger partial charge in [0.25, 0.3) is 0 Å². The SMILES string of the molecule is C1=C[N-]C2C([N-]1)C1[N-]C=C[N-]C1C1[N-]C=C[N-]C21.C[C]1C(C)=C(C)C(C)=C1C.C[C]1C(C)=C(C)C(C)=C1C.C[C]1C(C)=C(C)C(C)=C1C.C[C]1C(C)=C(C)C(C)=C1C.C[C]1C(C)=C(C)C(C)=C1C.C[C]1C(C)=C(C)C(C)=C1C.[Ti+2].[Ti+2].[Ti+2]. The van der Waals surface area contributed by atoms with Crippen LogP contribution in [0.2, 0.25) is 0 Å². The van der Waals surface area contributed by atoms with E-state index in [-0.39, 0.29) is 101 Å². The molecule has 1 saturated carbocycles. The molecule has 0 aromatic carbocycles. The standard InChI is InChI=1S/C12H12N6.6C10H15.3Ti/c1-2-14-8-7(13-1)9-11(17-4-3-15-9)12-10(8)16-5-6-18-12;6*1-6-7(2)9(4)10(5)8(6)3;;;/h1-12H;6*1-5H3;;;/q-6;;;;;;;3*+2. The van der Waals surface area contributed by atoms with E-state index in [9.17, 15) is 0 Å². The zero-order valence-electron chi connectivity index (χ0n) is 56.1. The van der Waals surface area contributed by atoms with Gasteiger partial charge in [-0.15, -0.1) is 36.3 Å². The van der Waals surface area contributed by atoms with Crippen LogP contribution in [0.25, 0.3) is 31.9 Å². The van der Waals surface area contributed by atoms with Crippen molar-refractivity contribution >= 4 is 0 Å². The van der Waals surface area contributed by atoms with Crippen LogP contribution in [0.1, 0.15) is 208 Å². The Labute approximate surface area is 543 Å². The van der Waals surface area contributed by atoms with Crippen LogP contribution in [0.5, 0.6) is 0 Å². The van der Waals surface area contributed by atoms with Gasteiger partial charge >= 0.3 is 65.2 Å². The maximum atomic E-state index is 4.54. The summed E-state index contributed by atoms with van der Waals surface area (Å²) in [4.78, 5) is 0.